The molecule has 1 aromatic rings. The third-order valence-corrected chi connectivity index (χ3v) is 1.74. The number of rotatable bonds is 3. The maximum absolute atomic E-state index is 13.4. The first kappa shape index (κ1) is 9.80. The van der Waals surface area contributed by atoms with Crippen LogP contribution in [0.4, 0.5) is 4.39 Å². The molecule has 0 aliphatic heterocycles. The molecule has 0 fully saturated rings. The van der Waals surface area contributed by atoms with Crippen molar-refractivity contribution in [2.45, 2.75) is 6.61 Å². The van der Waals surface area contributed by atoms with E-state index >= 15 is 0 Å². The molecule has 0 atom stereocenters. The summed E-state index contributed by atoms with van der Waals surface area (Å²) in [4.78, 5) is 0. The lowest BCUT2D eigenvalue weighted by molar-refractivity contribution is 0.269. The molecule has 0 heterocycles. The van der Waals surface area contributed by atoms with Gasteiger partial charge in [-0.15, -0.1) is 0 Å². The predicted octanol–water partition coefficient (Wildman–Crippen LogP) is 1.34. The summed E-state index contributed by atoms with van der Waals surface area (Å²) in [6.07, 6.45) is 0. The van der Waals surface area contributed by atoms with Gasteiger partial charge >= 0.3 is 0 Å². The van der Waals surface area contributed by atoms with Gasteiger partial charge in [0.2, 0.25) is 5.82 Å². The zero-order valence-corrected chi connectivity index (χ0v) is 7.50. The third kappa shape index (κ3) is 1.72. The molecule has 0 radical (unpaired) electrons. The number of aliphatic hydroxyl groups is 1. The Morgan fingerprint density at radius 1 is 1.31 bits per heavy atom. The van der Waals surface area contributed by atoms with Gasteiger partial charge in [-0.3, -0.25) is 0 Å². The van der Waals surface area contributed by atoms with Gasteiger partial charge in [-0.05, 0) is 12.1 Å². The summed E-state index contributed by atoms with van der Waals surface area (Å²) in [5, 5.41) is 8.85. The Kier molecular flexibility index (Phi) is 3.08. The largest absolute Gasteiger partial charge is 0.494 e. The minimum absolute atomic E-state index is 0.0295. The van der Waals surface area contributed by atoms with E-state index < -0.39 is 5.82 Å². The zero-order chi connectivity index (χ0) is 9.84. The van der Waals surface area contributed by atoms with Gasteiger partial charge in [0.05, 0.1) is 20.8 Å². The molecule has 0 aliphatic rings. The molecular formula is C9H11FO3. The van der Waals surface area contributed by atoms with Gasteiger partial charge in [0, 0.05) is 5.56 Å². The molecule has 0 aliphatic carbocycles. The van der Waals surface area contributed by atoms with E-state index in [0.717, 1.165) is 0 Å². The standard InChI is InChI=1S/C9H11FO3/c1-12-7-4-3-6(5-11)9(13-2)8(7)10/h3-4,11H,5H2,1-2H3. The SMILES string of the molecule is COc1ccc(CO)c(OC)c1F. The van der Waals surface area contributed by atoms with Crippen LogP contribution in [-0.4, -0.2) is 19.3 Å². The second kappa shape index (κ2) is 4.09. The number of hydrogen-bond donors (Lipinski definition) is 1. The van der Waals surface area contributed by atoms with Gasteiger partial charge in [0.25, 0.3) is 0 Å². The van der Waals surface area contributed by atoms with Crippen molar-refractivity contribution in [3.8, 4) is 11.5 Å². The van der Waals surface area contributed by atoms with Crippen molar-refractivity contribution >= 4 is 0 Å². The van der Waals surface area contributed by atoms with E-state index in [2.05, 4.69) is 0 Å². The smallest absolute Gasteiger partial charge is 0.207 e. The van der Waals surface area contributed by atoms with Crippen LogP contribution in [0, 0.1) is 5.82 Å². The Morgan fingerprint density at radius 2 is 2.00 bits per heavy atom. The van der Waals surface area contributed by atoms with Gasteiger partial charge in [-0.1, -0.05) is 0 Å². The zero-order valence-electron chi connectivity index (χ0n) is 7.50. The van der Waals surface area contributed by atoms with E-state index in [9.17, 15) is 4.39 Å². The topological polar surface area (TPSA) is 38.7 Å². The van der Waals surface area contributed by atoms with Gasteiger partial charge < -0.3 is 14.6 Å². The van der Waals surface area contributed by atoms with Crippen molar-refractivity contribution in [1.82, 2.24) is 0 Å². The summed E-state index contributed by atoms with van der Waals surface area (Å²) in [6.45, 7) is -0.260. The molecule has 4 heteroatoms. The summed E-state index contributed by atoms with van der Waals surface area (Å²) < 4.78 is 22.9. The number of hydrogen-bond acceptors (Lipinski definition) is 3. The van der Waals surface area contributed by atoms with Crippen LogP contribution in [0.25, 0.3) is 0 Å². The number of halogens is 1. The summed E-state index contributed by atoms with van der Waals surface area (Å²) in [5.41, 5.74) is 0.404. The maximum atomic E-state index is 13.4. The van der Waals surface area contributed by atoms with Gasteiger partial charge in [0.1, 0.15) is 0 Å². The Bertz CT molecular complexity index is 299. The Balaban J connectivity index is 3.23. The average molecular weight is 186 g/mol. The Hall–Kier alpha value is -1.29. The van der Waals surface area contributed by atoms with E-state index in [1.807, 2.05) is 0 Å². The first-order chi connectivity index (χ1) is 6.24. The molecule has 0 aromatic heterocycles. The fourth-order valence-corrected chi connectivity index (χ4v) is 1.08. The van der Waals surface area contributed by atoms with Crippen LogP contribution < -0.4 is 9.47 Å². The van der Waals surface area contributed by atoms with Gasteiger partial charge in [0.15, 0.2) is 11.5 Å². The summed E-state index contributed by atoms with van der Waals surface area (Å²) in [6, 6.07) is 3.00. The molecular weight excluding hydrogens is 175 g/mol. The maximum Gasteiger partial charge on any atom is 0.207 e. The molecule has 1 N–H and O–H groups in total. The highest BCUT2D eigenvalue weighted by molar-refractivity contribution is 5.42. The Morgan fingerprint density at radius 3 is 2.46 bits per heavy atom. The minimum Gasteiger partial charge on any atom is -0.494 e. The molecule has 72 valence electrons. The van der Waals surface area contributed by atoms with E-state index in [1.165, 1.54) is 20.3 Å². The van der Waals surface area contributed by atoms with Gasteiger partial charge in [-0.25, -0.2) is 0 Å². The predicted molar refractivity (Wildman–Crippen MR) is 45.4 cm³/mol. The van der Waals surface area contributed by atoms with E-state index in [1.54, 1.807) is 6.07 Å². The fourth-order valence-electron chi connectivity index (χ4n) is 1.08. The van der Waals surface area contributed by atoms with Crippen LogP contribution in [0.2, 0.25) is 0 Å². The van der Waals surface area contributed by atoms with Crippen LogP contribution in [0.1, 0.15) is 5.56 Å². The lowest BCUT2D eigenvalue weighted by atomic mass is 10.2. The van der Waals surface area contributed by atoms with Crippen LogP contribution in [0.3, 0.4) is 0 Å². The van der Waals surface area contributed by atoms with E-state index in [4.69, 9.17) is 14.6 Å². The molecule has 0 amide bonds. The molecule has 0 unspecified atom stereocenters. The molecule has 0 spiro atoms. The molecule has 0 saturated carbocycles. The number of methoxy groups -OCH3 is 2. The number of aliphatic hydroxyl groups excluding tert-OH is 1. The Labute approximate surface area is 75.7 Å². The van der Waals surface area contributed by atoms with Crippen molar-refractivity contribution < 1.29 is 19.0 Å². The van der Waals surface area contributed by atoms with E-state index in [-0.39, 0.29) is 18.1 Å². The first-order valence-corrected chi connectivity index (χ1v) is 3.74. The molecule has 1 rings (SSSR count). The number of benzene rings is 1. The second-order valence-electron chi connectivity index (χ2n) is 2.43. The van der Waals surface area contributed by atoms with E-state index in [0.29, 0.717) is 5.56 Å². The lowest BCUT2D eigenvalue weighted by Crippen LogP contribution is -1.98. The van der Waals surface area contributed by atoms with Crippen molar-refractivity contribution in [2.75, 3.05) is 14.2 Å². The van der Waals surface area contributed by atoms with Crippen molar-refractivity contribution in [3.05, 3.63) is 23.5 Å². The van der Waals surface area contributed by atoms with Crippen molar-refractivity contribution in [3.63, 3.8) is 0 Å². The minimum atomic E-state index is -0.587. The highest BCUT2D eigenvalue weighted by Crippen LogP contribution is 2.29. The summed E-state index contributed by atoms with van der Waals surface area (Å²) >= 11 is 0. The lowest BCUT2D eigenvalue weighted by Gasteiger charge is -2.09. The van der Waals surface area contributed by atoms with Crippen LogP contribution in [0.5, 0.6) is 11.5 Å². The third-order valence-electron chi connectivity index (χ3n) is 1.74. The van der Waals surface area contributed by atoms with Crippen LogP contribution in [0.15, 0.2) is 12.1 Å². The van der Waals surface area contributed by atoms with Crippen molar-refractivity contribution in [1.29, 1.82) is 0 Å². The molecule has 3 nitrogen and oxygen atoms in total. The monoisotopic (exact) mass is 186 g/mol. The molecule has 0 bridgehead atoms. The average Bonchev–Trinajstić information content (AvgIpc) is 2.17. The molecule has 13 heavy (non-hydrogen) atoms. The quantitative estimate of drug-likeness (QED) is 0.774. The molecule has 1 aromatic carbocycles. The number of ether oxygens (including phenoxy) is 2. The first-order valence-electron chi connectivity index (χ1n) is 3.74. The normalized spacial score (nSPS) is 9.85. The second-order valence-corrected chi connectivity index (χ2v) is 2.43. The molecule has 0 saturated heterocycles. The highest BCUT2D eigenvalue weighted by atomic mass is 19.1. The summed E-state index contributed by atoms with van der Waals surface area (Å²) in [7, 11) is 2.72. The van der Waals surface area contributed by atoms with Crippen LogP contribution >= 0.6 is 0 Å². The van der Waals surface area contributed by atoms with Gasteiger partial charge in [-0.2, -0.15) is 4.39 Å². The van der Waals surface area contributed by atoms with Crippen LogP contribution in [-0.2, 0) is 6.61 Å². The van der Waals surface area contributed by atoms with Crippen molar-refractivity contribution in [2.24, 2.45) is 0 Å². The summed E-state index contributed by atoms with van der Waals surface area (Å²) in [5.74, 6) is -0.451. The highest BCUT2D eigenvalue weighted by Gasteiger charge is 2.13. The fraction of sp³-hybridized carbons (Fsp3) is 0.333.